The fourth-order valence-electron chi connectivity index (χ4n) is 3.75. The highest BCUT2D eigenvalue weighted by Crippen LogP contribution is 2.37. The van der Waals surface area contributed by atoms with Crippen LogP contribution < -0.4 is 5.32 Å². The molecule has 0 saturated carbocycles. The van der Waals surface area contributed by atoms with E-state index < -0.39 is 5.54 Å². The minimum Gasteiger partial charge on any atom is -0.379 e. The van der Waals surface area contributed by atoms with Crippen LogP contribution in [0.1, 0.15) is 83.7 Å². The lowest BCUT2D eigenvalue weighted by Crippen LogP contribution is -2.47. The molecule has 1 aromatic heterocycles. The molecule has 1 unspecified atom stereocenters. The van der Waals surface area contributed by atoms with Gasteiger partial charge in [0.15, 0.2) is 0 Å². The van der Waals surface area contributed by atoms with Gasteiger partial charge in [-0.2, -0.15) is 0 Å². The van der Waals surface area contributed by atoms with Crippen molar-refractivity contribution < 1.29 is 0 Å². The van der Waals surface area contributed by atoms with Crippen molar-refractivity contribution in [1.29, 1.82) is 0 Å². The predicted molar refractivity (Wildman–Crippen MR) is 156 cm³/mol. The number of nitrogens with zero attached hydrogens (tertiary/aromatic N) is 1. The third kappa shape index (κ3) is 8.51. The summed E-state index contributed by atoms with van der Waals surface area (Å²) in [5, 5.41) is 3.58. The van der Waals surface area contributed by atoms with Crippen LogP contribution in [-0.2, 0) is 0 Å². The van der Waals surface area contributed by atoms with Crippen molar-refractivity contribution in [2.75, 3.05) is 0 Å². The van der Waals surface area contributed by atoms with Gasteiger partial charge in [0.2, 0.25) is 0 Å². The normalized spacial score (nSPS) is 13.2. The molecule has 1 heterocycles. The number of pyridine rings is 1. The van der Waals surface area contributed by atoms with Crippen molar-refractivity contribution in [2.45, 2.75) is 66.8 Å². The van der Waals surface area contributed by atoms with E-state index in [1.807, 2.05) is 84.1 Å². The predicted octanol–water partition coefficient (Wildman–Crippen LogP) is 8.30. The Bertz CT molecular complexity index is 1100. The van der Waals surface area contributed by atoms with Gasteiger partial charge in [0.25, 0.3) is 0 Å². The van der Waals surface area contributed by atoms with E-state index in [-0.39, 0.29) is 5.92 Å². The van der Waals surface area contributed by atoms with Gasteiger partial charge in [0.1, 0.15) is 5.69 Å². The molecule has 0 bridgehead atoms. The lowest BCUT2D eigenvalue weighted by molar-refractivity contribution is 0.413. The first-order valence-electron chi connectivity index (χ1n) is 12.2. The zero-order valence-corrected chi connectivity index (χ0v) is 22.9. The summed E-state index contributed by atoms with van der Waals surface area (Å²) in [4.78, 5) is 4.38. The number of aromatic nitrogens is 1. The maximum absolute atomic E-state index is 5.59. The van der Waals surface area contributed by atoms with Crippen LogP contribution in [-0.4, -0.2) is 10.5 Å². The molecule has 0 saturated heterocycles. The summed E-state index contributed by atoms with van der Waals surface area (Å²) in [5.74, 6) is 5.21. The summed E-state index contributed by atoms with van der Waals surface area (Å²) in [7, 11) is 0. The first-order valence-corrected chi connectivity index (χ1v) is 12.2. The highest BCUT2D eigenvalue weighted by Gasteiger charge is 2.35. The number of rotatable bonds is 8. The van der Waals surface area contributed by atoms with Crippen LogP contribution in [0.25, 0.3) is 5.57 Å². The fraction of sp³-hybridized carbons (Fsp3) is 0.303. The summed E-state index contributed by atoms with van der Waals surface area (Å²) < 4.78 is 0. The Kier molecular flexibility index (Phi) is 14.3. The number of benzene rings is 1. The average Bonchev–Trinajstić information content (AvgIpc) is 2.89. The lowest BCUT2D eigenvalue weighted by atomic mass is 9.75. The van der Waals surface area contributed by atoms with Crippen molar-refractivity contribution in [2.24, 2.45) is 0 Å². The molecule has 35 heavy (non-hydrogen) atoms. The van der Waals surface area contributed by atoms with E-state index in [4.69, 9.17) is 12.8 Å². The van der Waals surface area contributed by atoms with Gasteiger partial charge < -0.3 is 5.32 Å². The topological polar surface area (TPSA) is 24.9 Å². The first-order chi connectivity index (χ1) is 16.8. The van der Waals surface area contributed by atoms with E-state index in [2.05, 4.69) is 67.4 Å². The standard InChI is InChI=1S/C29H30N2.2C2H6/c1-9-23-14-13-15-25(19-23)24(10-2)18-22(7)29(8,31-21(5)6)28(12-4)26-16-17-27(11-3)30-20-26;2*1-2/h1,3,10,12-20,28,31H,4-5H2,2,6-8H3;2*1-2H3/b22-18+,24-10+;;/t28-,29?;;/m1../s1. The van der Waals surface area contributed by atoms with Gasteiger partial charge in [0, 0.05) is 23.4 Å². The molecule has 2 nitrogen and oxygen atoms in total. The highest BCUT2D eigenvalue weighted by atomic mass is 15.0. The lowest BCUT2D eigenvalue weighted by Gasteiger charge is -2.40. The van der Waals surface area contributed by atoms with E-state index in [0.717, 1.165) is 33.5 Å². The van der Waals surface area contributed by atoms with Crippen LogP contribution in [0.4, 0.5) is 0 Å². The molecule has 2 atom stereocenters. The second kappa shape index (κ2) is 16.0. The Morgan fingerprint density at radius 1 is 1.09 bits per heavy atom. The molecule has 0 aliphatic heterocycles. The van der Waals surface area contributed by atoms with Gasteiger partial charge in [-0.05, 0) is 68.2 Å². The molecule has 2 aromatic rings. The number of hydrogen-bond acceptors (Lipinski definition) is 2. The number of terminal acetylenes is 2. The maximum atomic E-state index is 5.59. The fourth-order valence-corrected chi connectivity index (χ4v) is 3.75. The molecule has 0 fully saturated rings. The van der Waals surface area contributed by atoms with Crippen LogP contribution in [0.2, 0.25) is 0 Å². The van der Waals surface area contributed by atoms with Crippen LogP contribution in [0.3, 0.4) is 0 Å². The SMILES string of the molecule is C#Cc1cccc(C(=C/C)/C=C(\C)C(C)(NC(=C)C)[C@H](C=C)c2ccc(C#C)nc2)c1.CC.CC. The van der Waals surface area contributed by atoms with Crippen molar-refractivity contribution in [3.05, 3.63) is 108 Å². The zero-order valence-electron chi connectivity index (χ0n) is 22.9. The summed E-state index contributed by atoms with van der Waals surface area (Å²) in [5.41, 5.74) is 6.16. The molecule has 0 spiro atoms. The molecule has 0 amide bonds. The van der Waals surface area contributed by atoms with E-state index >= 15 is 0 Å². The molecule has 184 valence electrons. The third-order valence-electron chi connectivity index (χ3n) is 5.49. The monoisotopic (exact) mass is 466 g/mol. The number of nitrogens with one attached hydrogen (secondary N) is 1. The maximum Gasteiger partial charge on any atom is 0.112 e. The van der Waals surface area contributed by atoms with Crippen LogP contribution in [0, 0.1) is 24.7 Å². The molecule has 2 heteroatoms. The summed E-state index contributed by atoms with van der Waals surface area (Å²) in [6.45, 7) is 24.5. The van der Waals surface area contributed by atoms with Gasteiger partial charge in [0.05, 0.1) is 5.54 Å². The average molecular weight is 467 g/mol. The Morgan fingerprint density at radius 3 is 2.20 bits per heavy atom. The van der Waals surface area contributed by atoms with E-state index in [0.29, 0.717) is 5.69 Å². The van der Waals surface area contributed by atoms with Crippen molar-refractivity contribution >= 4 is 5.57 Å². The van der Waals surface area contributed by atoms with Gasteiger partial charge in [-0.3, -0.25) is 0 Å². The zero-order chi connectivity index (χ0) is 27.0. The van der Waals surface area contributed by atoms with Gasteiger partial charge in [-0.1, -0.05) is 82.5 Å². The van der Waals surface area contributed by atoms with Crippen LogP contribution in [0.15, 0.2) is 85.3 Å². The summed E-state index contributed by atoms with van der Waals surface area (Å²) in [6, 6.07) is 11.9. The molecule has 1 aromatic carbocycles. The molecular weight excluding hydrogens is 424 g/mol. The quantitative estimate of drug-likeness (QED) is 0.240. The Balaban J connectivity index is 0.00000274. The molecule has 0 aliphatic carbocycles. The van der Waals surface area contributed by atoms with Crippen LogP contribution >= 0.6 is 0 Å². The molecule has 0 aliphatic rings. The van der Waals surface area contributed by atoms with Gasteiger partial charge in [-0.25, -0.2) is 4.98 Å². The second-order valence-electron chi connectivity index (χ2n) is 7.74. The Labute approximate surface area is 215 Å². The highest BCUT2D eigenvalue weighted by molar-refractivity contribution is 5.75. The number of allylic oxidation sites excluding steroid dienone is 4. The van der Waals surface area contributed by atoms with Crippen molar-refractivity contribution in [3.63, 3.8) is 0 Å². The van der Waals surface area contributed by atoms with E-state index in [9.17, 15) is 0 Å². The van der Waals surface area contributed by atoms with E-state index in [1.54, 1.807) is 0 Å². The largest absolute Gasteiger partial charge is 0.379 e. The van der Waals surface area contributed by atoms with Gasteiger partial charge >= 0.3 is 0 Å². The molecule has 2 rings (SSSR count). The number of hydrogen-bond donors (Lipinski definition) is 1. The smallest absolute Gasteiger partial charge is 0.112 e. The molecule has 1 N–H and O–H groups in total. The molecule has 0 radical (unpaired) electrons. The minimum absolute atomic E-state index is 0.0603. The Morgan fingerprint density at radius 2 is 1.74 bits per heavy atom. The van der Waals surface area contributed by atoms with Crippen molar-refractivity contribution in [3.8, 4) is 24.7 Å². The minimum atomic E-state index is -0.481. The first kappa shape index (κ1) is 31.2. The van der Waals surface area contributed by atoms with Crippen LogP contribution in [0.5, 0.6) is 0 Å². The van der Waals surface area contributed by atoms with E-state index in [1.165, 1.54) is 0 Å². The summed E-state index contributed by atoms with van der Waals surface area (Å²) in [6.07, 6.45) is 19.1. The van der Waals surface area contributed by atoms with Gasteiger partial charge in [-0.15, -0.1) is 19.4 Å². The molecular formula is C33H42N2. The second-order valence-corrected chi connectivity index (χ2v) is 7.74. The van der Waals surface area contributed by atoms with Crippen molar-refractivity contribution in [1.82, 2.24) is 10.3 Å². The summed E-state index contributed by atoms with van der Waals surface area (Å²) >= 11 is 0. The Hall–Kier alpha value is -3.75. The third-order valence-corrected chi connectivity index (χ3v) is 5.49.